The molecule has 2 N–H and O–H groups in total. The van der Waals surface area contributed by atoms with E-state index in [1.54, 1.807) is 0 Å². The number of hydrogen-bond acceptors (Lipinski definition) is 4. The van der Waals surface area contributed by atoms with E-state index >= 15 is 0 Å². The maximum atomic E-state index is 12.0. The van der Waals surface area contributed by atoms with E-state index in [-0.39, 0.29) is 47.4 Å². The fraction of sp³-hybridized carbons (Fsp3) is 0.857. The Kier molecular flexibility index (Phi) is 8.59. The van der Waals surface area contributed by atoms with Crippen LogP contribution >= 0.6 is 24.0 Å². The van der Waals surface area contributed by atoms with E-state index in [0.29, 0.717) is 31.9 Å². The highest BCUT2D eigenvalue weighted by Crippen LogP contribution is 2.11. The molecule has 1 unspecified atom stereocenters. The van der Waals surface area contributed by atoms with Gasteiger partial charge in [0, 0.05) is 32.1 Å². The Labute approximate surface area is 155 Å². The molecule has 0 spiro atoms. The molecule has 2 fully saturated rings. The SMILES string of the molecule is CCNC(=NCCC(=O)N1CCCC1)NC1CCS(=O)(=O)C1.I. The summed E-state index contributed by atoms with van der Waals surface area (Å²) >= 11 is 0. The van der Waals surface area contributed by atoms with Gasteiger partial charge in [-0.15, -0.1) is 24.0 Å². The summed E-state index contributed by atoms with van der Waals surface area (Å²) in [5.74, 6) is 1.14. The van der Waals surface area contributed by atoms with Crippen molar-refractivity contribution in [2.24, 2.45) is 4.99 Å². The minimum atomic E-state index is -2.91. The van der Waals surface area contributed by atoms with Gasteiger partial charge in [0.15, 0.2) is 15.8 Å². The predicted octanol–water partition coefficient (Wildman–Crippen LogP) is 0.359. The van der Waals surface area contributed by atoms with E-state index < -0.39 is 9.84 Å². The topological polar surface area (TPSA) is 90.9 Å². The van der Waals surface area contributed by atoms with E-state index in [2.05, 4.69) is 15.6 Å². The standard InChI is InChI=1S/C14H26N4O3S.HI/c1-2-15-14(17-12-6-10-22(20,21)11-12)16-7-5-13(19)18-8-3-4-9-18;/h12H,2-11H2,1H3,(H2,15,16,17);1H. The molecule has 7 nitrogen and oxygen atoms in total. The number of hydrogen-bond donors (Lipinski definition) is 2. The molecule has 2 rings (SSSR count). The molecule has 2 aliphatic heterocycles. The summed E-state index contributed by atoms with van der Waals surface area (Å²) in [6, 6.07) is -0.0860. The van der Waals surface area contributed by atoms with Crippen molar-refractivity contribution in [2.45, 2.75) is 38.6 Å². The average Bonchev–Trinajstić information content (AvgIpc) is 3.08. The fourth-order valence-corrected chi connectivity index (χ4v) is 4.48. The molecular weight excluding hydrogens is 431 g/mol. The molecule has 134 valence electrons. The first-order chi connectivity index (χ1) is 10.5. The first-order valence-corrected chi connectivity index (χ1v) is 9.85. The van der Waals surface area contributed by atoms with E-state index in [1.165, 1.54) is 0 Å². The van der Waals surface area contributed by atoms with E-state index in [1.807, 2.05) is 11.8 Å². The predicted molar refractivity (Wildman–Crippen MR) is 102 cm³/mol. The summed E-state index contributed by atoms with van der Waals surface area (Å²) in [4.78, 5) is 18.2. The molecule has 2 aliphatic rings. The molecule has 1 atom stereocenters. The number of halogens is 1. The average molecular weight is 458 g/mol. The van der Waals surface area contributed by atoms with Gasteiger partial charge in [-0.3, -0.25) is 9.79 Å². The lowest BCUT2D eigenvalue weighted by Crippen LogP contribution is -2.44. The number of nitrogens with zero attached hydrogens (tertiary/aromatic N) is 2. The van der Waals surface area contributed by atoms with Gasteiger partial charge in [-0.2, -0.15) is 0 Å². The van der Waals surface area contributed by atoms with Crippen LogP contribution in [0.4, 0.5) is 0 Å². The molecule has 0 aliphatic carbocycles. The van der Waals surface area contributed by atoms with Gasteiger partial charge in [-0.1, -0.05) is 0 Å². The van der Waals surface area contributed by atoms with Gasteiger partial charge in [0.05, 0.1) is 18.1 Å². The van der Waals surface area contributed by atoms with Crippen LogP contribution in [0.5, 0.6) is 0 Å². The summed E-state index contributed by atoms with van der Waals surface area (Å²) in [7, 11) is -2.91. The number of guanidine groups is 1. The van der Waals surface area contributed by atoms with Crippen molar-refractivity contribution in [3.05, 3.63) is 0 Å². The van der Waals surface area contributed by atoms with Crippen LogP contribution < -0.4 is 10.6 Å². The molecule has 2 saturated heterocycles. The molecule has 2 heterocycles. The zero-order valence-electron chi connectivity index (χ0n) is 13.6. The van der Waals surface area contributed by atoms with Crippen LogP contribution in [0.3, 0.4) is 0 Å². The minimum Gasteiger partial charge on any atom is -0.357 e. The van der Waals surface area contributed by atoms with Crippen LogP contribution in [0.25, 0.3) is 0 Å². The van der Waals surface area contributed by atoms with Crippen molar-refractivity contribution in [3.63, 3.8) is 0 Å². The van der Waals surface area contributed by atoms with Crippen molar-refractivity contribution < 1.29 is 13.2 Å². The molecule has 23 heavy (non-hydrogen) atoms. The second-order valence-electron chi connectivity index (χ2n) is 5.84. The Balaban J connectivity index is 0.00000264. The number of carbonyl (C=O) groups is 1. The second kappa shape index (κ2) is 9.65. The van der Waals surface area contributed by atoms with Crippen LogP contribution in [0.2, 0.25) is 0 Å². The third kappa shape index (κ3) is 6.82. The third-order valence-corrected chi connectivity index (χ3v) is 5.74. The zero-order valence-corrected chi connectivity index (χ0v) is 16.7. The van der Waals surface area contributed by atoms with Gasteiger partial charge >= 0.3 is 0 Å². The molecule has 0 aromatic rings. The highest BCUT2D eigenvalue weighted by molar-refractivity contribution is 14.0. The zero-order chi connectivity index (χ0) is 16.0. The van der Waals surface area contributed by atoms with Crippen LogP contribution in [-0.2, 0) is 14.6 Å². The van der Waals surface area contributed by atoms with E-state index in [0.717, 1.165) is 25.9 Å². The van der Waals surface area contributed by atoms with Crippen LogP contribution in [0.15, 0.2) is 4.99 Å². The monoisotopic (exact) mass is 458 g/mol. The van der Waals surface area contributed by atoms with Gasteiger partial charge < -0.3 is 15.5 Å². The number of nitrogens with one attached hydrogen (secondary N) is 2. The number of rotatable bonds is 5. The van der Waals surface area contributed by atoms with Gasteiger partial charge in [0.25, 0.3) is 0 Å². The third-order valence-electron chi connectivity index (χ3n) is 3.97. The van der Waals surface area contributed by atoms with Crippen LogP contribution in [-0.4, -0.2) is 68.9 Å². The van der Waals surface area contributed by atoms with Crippen molar-refractivity contribution in [3.8, 4) is 0 Å². The maximum Gasteiger partial charge on any atom is 0.224 e. The van der Waals surface area contributed by atoms with Gasteiger partial charge in [-0.05, 0) is 26.2 Å². The van der Waals surface area contributed by atoms with Gasteiger partial charge in [0.2, 0.25) is 5.91 Å². The Morgan fingerprint density at radius 2 is 2.00 bits per heavy atom. The lowest BCUT2D eigenvalue weighted by Gasteiger charge is -2.17. The first kappa shape index (κ1) is 20.5. The number of amides is 1. The minimum absolute atomic E-state index is 0. The Morgan fingerprint density at radius 3 is 2.57 bits per heavy atom. The number of aliphatic imine (C=N–C) groups is 1. The molecular formula is C14H27IN4O3S. The molecule has 0 saturated carbocycles. The smallest absolute Gasteiger partial charge is 0.224 e. The van der Waals surface area contributed by atoms with Crippen molar-refractivity contribution in [1.29, 1.82) is 0 Å². The van der Waals surface area contributed by atoms with Crippen LogP contribution in [0, 0.1) is 0 Å². The largest absolute Gasteiger partial charge is 0.357 e. The molecule has 0 bridgehead atoms. The fourth-order valence-electron chi connectivity index (χ4n) is 2.81. The highest BCUT2D eigenvalue weighted by atomic mass is 127. The molecule has 9 heteroatoms. The van der Waals surface area contributed by atoms with Gasteiger partial charge in [-0.25, -0.2) is 8.42 Å². The summed E-state index contributed by atoms with van der Waals surface area (Å²) in [5.41, 5.74) is 0. The summed E-state index contributed by atoms with van der Waals surface area (Å²) in [6.45, 7) is 4.80. The first-order valence-electron chi connectivity index (χ1n) is 8.03. The molecule has 0 aromatic carbocycles. The number of likely N-dealkylation sites (tertiary alicyclic amines) is 1. The number of sulfone groups is 1. The van der Waals surface area contributed by atoms with Crippen LogP contribution in [0.1, 0.15) is 32.6 Å². The van der Waals surface area contributed by atoms with E-state index in [9.17, 15) is 13.2 Å². The summed E-state index contributed by atoms with van der Waals surface area (Å²) in [6.07, 6.45) is 3.20. The summed E-state index contributed by atoms with van der Waals surface area (Å²) in [5, 5.41) is 6.25. The van der Waals surface area contributed by atoms with Crippen molar-refractivity contribution >= 4 is 45.7 Å². The quantitative estimate of drug-likeness (QED) is 0.353. The molecule has 0 radical (unpaired) electrons. The number of carbonyl (C=O) groups excluding carboxylic acids is 1. The lowest BCUT2D eigenvalue weighted by molar-refractivity contribution is -0.129. The Morgan fingerprint density at radius 1 is 1.30 bits per heavy atom. The molecule has 0 aromatic heterocycles. The lowest BCUT2D eigenvalue weighted by atomic mass is 10.3. The van der Waals surface area contributed by atoms with Crippen molar-refractivity contribution in [1.82, 2.24) is 15.5 Å². The normalized spacial score (nSPS) is 23.4. The second-order valence-corrected chi connectivity index (χ2v) is 8.07. The highest BCUT2D eigenvalue weighted by Gasteiger charge is 2.28. The molecule has 1 amide bonds. The van der Waals surface area contributed by atoms with E-state index in [4.69, 9.17) is 0 Å². The van der Waals surface area contributed by atoms with Gasteiger partial charge in [0.1, 0.15) is 0 Å². The van der Waals surface area contributed by atoms with Crippen molar-refractivity contribution in [2.75, 3.05) is 37.7 Å². The Hall–Kier alpha value is -0.580. The Bertz CT molecular complexity index is 518. The maximum absolute atomic E-state index is 12.0. The summed E-state index contributed by atoms with van der Waals surface area (Å²) < 4.78 is 23.0.